The van der Waals surface area contributed by atoms with Crippen LogP contribution in [0.5, 0.6) is 0 Å². The summed E-state index contributed by atoms with van der Waals surface area (Å²) in [5, 5.41) is 45.1. The zero-order chi connectivity index (χ0) is 45.7. The van der Waals surface area contributed by atoms with Crippen molar-refractivity contribution < 1.29 is 24.8 Å². The first-order valence-electron chi connectivity index (χ1n) is 26.0. The third-order valence-electron chi connectivity index (χ3n) is 18.8. The third kappa shape index (κ3) is 12.7. The van der Waals surface area contributed by atoms with Crippen LogP contribution in [0.15, 0.2) is 60.3 Å². The van der Waals surface area contributed by atoms with Gasteiger partial charge in [0.1, 0.15) is 17.9 Å². The van der Waals surface area contributed by atoms with Gasteiger partial charge in [0, 0.05) is 0 Å². The Labute approximate surface area is 380 Å². The summed E-state index contributed by atoms with van der Waals surface area (Å²) in [4.78, 5) is 0. The lowest BCUT2D eigenvalue weighted by molar-refractivity contribution is 0.0488. The summed E-state index contributed by atoms with van der Waals surface area (Å²) in [5.41, 5.74) is 4.53. The second-order valence-corrected chi connectivity index (χ2v) is 23.7. The molecule has 0 saturated heterocycles. The molecule has 5 rings (SSSR count). The second-order valence-electron chi connectivity index (χ2n) is 23.7. The van der Waals surface area contributed by atoms with E-state index < -0.39 is 24.0 Å². The maximum absolute atomic E-state index is 15.2. The molecule has 9 unspecified atom stereocenters. The lowest BCUT2D eigenvalue weighted by Gasteiger charge is -2.40. The summed E-state index contributed by atoms with van der Waals surface area (Å²) < 4.78 is 15.2. The molecular weight excluding hydrogens is 768 g/mol. The second kappa shape index (κ2) is 21.8. The van der Waals surface area contributed by atoms with E-state index in [1.807, 2.05) is 6.92 Å². The molecule has 5 aliphatic rings. The molecule has 354 valence electrons. The molecule has 0 bridgehead atoms. The van der Waals surface area contributed by atoms with Crippen molar-refractivity contribution in [3.63, 3.8) is 0 Å². The van der Waals surface area contributed by atoms with Crippen molar-refractivity contribution in [2.24, 2.45) is 70.0 Å². The summed E-state index contributed by atoms with van der Waals surface area (Å²) in [7, 11) is 0. The first kappa shape index (κ1) is 51.5. The fourth-order valence-electron chi connectivity index (χ4n) is 13.2. The van der Waals surface area contributed by atoms with E-state index in [1.165, 1.54) is 24.0 Å². The standard InChI is InChI=1S/C57H95FO4/c1-13-36(3)51(33-37(4)52(60)54(62)39(6)44-20-22-47(23-21-44)55(9,10)11)40(7)53(61)45-18-15-42(16-19-45)34-46-35-43(29-30-56(12,58)14-2)17-28-50(38(46)5)41(8)57(31-32-57)48-24-26-49(59)27-25-48/h35-36,38,42,44-54,59-62H,4,6-8,13-34H2,1-3,5,9-12H3. The van der Waals surface area contributed by atoms with Crippen molar-refractivity contribution in [3.05, 3.63) is 60.3 Å². The molecule has 0 spiro atoms. The van der Waals surface area contributed by atoms with Gasteiger partial charge in [-0.2, -0.15) is 0 Å². The van der Waals surface area contributed by atoms with E-state index >= 15 is 4.39 Å². The monoisotopic (exact) mass is 863 g/mol. The molecule has 4 nitrogen and oxygen atoms in total. The number of aliphatic hydroxyl groups is 4. The Bertz CT molecular complexity index is 1520. The van der Waals surface area contributed by atoms with Gasteiger partial charge >= 0.3 is 0 Å². The minimum atomic E-state index is -1.13. The summed E-state index contributed by atoms with van der Waals surface area (Å²) in [5.74, 6) is 3.86. The normalized spacial score (nSPS) is 34.0. The van der Waals surface area contributed by atoms with Crippen LogP contribution in [0.25, 0.3) is 0 Å². The van der Waals surface area contributed by atoms with E-state index in [0.717, 1.165) is 120 Å². The molecule has 0 aromatic carbocycles. The van der Waals surface area contributed by atoms with Crippen LogP contribution >= 0.6 is 0 Å². The third-order valence-corrected chi connectivity index (χ3v) is 18.8. The van der Waals surface area contributed by atoms with Gasteiger partial charge in [-0.05, 0) is 216 Å². The molecule has 9 atom stereocenters. The van der Waals surface area contributed by atoms with Crippen LogP contribution in [0.1, 0.15) is 197 Å². The molecule has 4 N–H and O–H groups in total. The predicted molar refractivity (Wildman–Crippen MR) is 259 cm³/mol. The number of halogens is 1. The van der Waals surface area contributed by atoms with E-state index in [-0.39, 0.29) is 40.6 Å². The summed E-state index contributed by atoms with van der Waals surface area (Å²) in [6, 6.07) is 0. The highest BCUT2D eigenvalue weighted by Gasteiger charge is 2.54. The van der Waals surface area contributed by atoms with Gasteiger partial charge in [0.05, 0.1) is 12.2 Å². The van der Waals surface area contributed by atoms with Crippen LogP contribution in [0.4, 0.5) is 4.39 Å². The van der Waals surface area contributed by atoms with Gasteiger partial charge in [0.2, 0.25) is 0 Å². The Morgan fingerprint density at radius 3 is 2.00 bits per heavy atom. The molecule has 0 radical (unpaired) electrons. The van der Waals surface area contributed by atoms with Crippen LogP contribution in [-0.4, -0.2) is 50.5 Å². The quantitative estimate of drug-likeness (QED) is 0.0919. The van der Waals surface area contributed by atoms with Crippen LogP contribution in [0, 0.1) is 70.0 Å². The van der Waals surface area contributed by atoms with E-state index in [0.29, 0.717) is 60.3 Å². The maximum atomic E-state index is 15.2. The average molecular weight is 863 g/mol. The molecule has 5 heteroatoms. The van der Waals surface area contributed by atoms with Gasteiger partial charge in [-0.15, -0.1) is 0 Å². The minimum absolute atomic E-state index is 0.0367. The minimum Gasteiger partial charge on any atom is -0.393 e. The molecule has 0 aliphatic heterocycles. The van der Waals surface area contributed by atoms with Gasteiger partial charge in [0.15, 0.2) is 0 Å². The first-order valence-corrected chi connectivity index (χ1v) is 26.0. The van der Waals surface area contributed by atoms with Gasteiger partial charge in [0.25, 0.3) is 0 Å². The molecule has 62 heavy (non-hydrogen) atoms. The molecule has 0 aromatic heterocycles. The topological polar surface area (TPSA) is 80.9 Å². The van der Waals surface area contributed by atoms with Crippen molar-refractivity contribution >= 4 is 0 Å². The fourth-order valence-corrected chi connectivity index (χ4v) is 13.2. The van der Waals surface area contributed by atoms with Crippen LogP contribution < -0.4 is 0 Å². The van der Waals surface area contributed by atoms with E-state index in [2.05, 4.69) is 67.4 Å². The van der Waals surface area contributed by atoms with Crippen molar-refractivity contribution in [2.75, 3.05) is 0 Å². The van der Waals surface area contributed by atoms with Crippen LogP contribution in [0.3, 0.4) is 0 Å². The predicted octanol–water partition coefficient (Wildman–Crippen LogP) is 14.2. The zero-order valence-electron chi connectivity index (χ0n) is 41.2. The molecule has 0 amide bonds. The van der Waals surface area contributed by atoms with Crippen molar-refractivity contribution in [3.8, 4) is 0 Å². The molecule has 4 saturated carbocycles. The summed E-state index contributed by atoms with van der Waals surface area (Å²) >= 11 is 0. The molecule has 0 heterocycles. The highest BCUT2D eigenvalue weighted by molar-refractivity contribution is 5.27. The van der Waals surface area contributed by atoms with Crippen molar-refractivity contribution in [1.29, 1.82) is 0 Å². The smallest absolute Gasteiger partial charge is 0.108 e. The lowest BCUT2D eigenvalue weighted by atomic mass is 9.65. The average Bonchev–Trinajstić information content (AvgIpc) is 4.09. The number of aliphatic hydroxyl groups excluding tert-OH is 4. The molecule has 5 aliphatic carbocycles. The van der Waals surface area contributed by atoms with Crippen LogP contribution in [-0.2, 0) is 0 Å². The van der Waals surface area contributed by atoms with E-state index in [9.17, 15) is 20.4 Å². The van der Waals surface area contributed by atoms with Crippen LogP contribution in [0.2, 0.25) is 0 Å². The Morgan fingerprint density at radius 2 is 1.45 bits per heavy atom. The van der Waals surface area contributed by atoms with Crippen molar-refractivity contribution in [1.82, 2.24) is 0 Å². The van der Waals surface area contributed by atoms with E-state index in [4.69, 9.17) is 6.58 Å². The summed E-state index contributed by atoms with van der Waals surface area (Å²) in [6.45, 7) is 35.6. The molecular formula is C57H95FO4. The maximum Gasteiger partial charge on any atom is 0.108 e. The number of rotatable bonds is 20. The Balaban J connectivity index is 1.20. The fraction of sp³-hybridized carbons (Fsp3) is 0.825. The van der Waals surface area contributed by atoms with E-state index in [1.54, 1.807) is 6.92 Å². The number of hydrogen-bond donors (Lipinski definition) is 4. The lowest BCUT2D eigenvalue weighted by Crippen LogP contribution is -2.36. The number of alkyl halides is 1. The van der Waals surface area contributed by atoms with Gasteiger partial charge < -0.3 is 20.4 Å². The zero-order valence-corrected chi connectivity index (χ0v) is 41.2. The summed E-state index contributed by atoms with van der Waals surface area (Å²) in [6.07, 6.45) is 21.3. The molecule has 0 aromatic rings. The Kier molecular flexibility index (Phi) is 18.1. The highest BCUT2D eigenvalue weighted by atomic mass is 19.1. The van der Waals surface area contributed by atoms with Gasteiger partial charge in [-0.1, -0.05) is 111 Å². The van der Waals surface area contributed by atoms with Crippen molar-refractivity contribution in [2.45, 2.75) is 227 Å². The SMILES string of the molecule is C=C(CC(C(=C)C(O)C1CCC(CC2C=C(CCC(C)(F)CC)CCC(C(=C)C3(C4CCC(O)CC4)CC3)C2C)CC1)C(C)CC)C(O)C(O)C(=C)C1CCC(C(C)(C)C)CC1. The largest absolute Gasteiger partial charge is 0.393 e. The highest BCUT2D eigenvalue weighted by Crippen LogP contribution is 2.64. The van der Waals surface area contributed by atoms with Gasteiger partial charge in [-0.3, -0.25) is 0 Å². The number of hydrogen-bond acceptors (Lipinski definition) is 4. The van der Waals surface area contributed by atoms with Gasteiger partial charge in [-0.25, -0.2) is 4.39 Å². The molecule has 4 fully saturated rings. The number of allylic oxidation sites excluding steroid dienone is 3. The Morgan fingerprint density at radius 1 is 0.839 bits per heavy atom. The first-order chi connectivity index (χ1) is 29.1. The Hall–Kier alpha value is -1.53.